The number of aromatic nitrogens is 2. The second kappa shape index (κ2) is 6.32. The van der Waals surface area contributed by atoms with Crippen molar-refractivity contribution >= 4 is 17.2 Å². The molecule has 4 heteroatoms. The Balaban J connectivity index is 2.33. The average Bonchev–Trinajstić information content (AvgIpc) is 2.54. The standard InChI is InChI=1S/C18H17ClN2O/c1-2-3-10-15-17(13-8-4-5-9-14(13)19)18(22)21-12-7-6-11-16(21)20-15/h4-9,11-12H,2-3,10H2,1H3. The van der Waals surface area contributed by atoms with Crippen molar-refractivity contribution in [3.8, 4) is 11.1 Å². The molecule has 3 rings (SSSR count). The van der Waals surface area contributed by atoms with Crippen molar-refractivity contribution in [2.45, 2.75) is 26.2 Å². The van der Waals surface area contributed by atoms with E-state index in [1.54, 1.807) is 16.7 Å². The van der Waals surface area contributed by atoms with Crippen molar-refractivity contribution in [2.24, 2.45) is 0 Å². The van der Waals surface area contributed by atoms with Gasteiger partial charge in [0.15, 0.2) is 0 Å². The summed E-state index contributed by atoms with van der Waals surface area (Å²) in [5, 5.41) is 0.579. The normalized spacial score (nSPS) is 11.0. The molecule has 0 radical (unpaired) electrons. The van der Waals surface area contributed by atoms with E-state index in [-0.39, 0.29) is 5.56 Å². The number of pyridine rings is 1. The molecule has 2 aromatic heterocycles. The molecule has 0 atom stereocenters. The summed E-state index contributed by atoms with van der Waals surface area (Å²) in [5.74, 6) is 0. The predicted molar refractivity (Wildman–Crippen MR) is 90.5 cm³/mol. The second-order valence-electron chi connectivity index (χ2n) is 5.25. The molecule has 3 aromatic rings. The zero-order chi connectivity index (χ0) is 15.5. The highest BCUT2D eigenvalue weighted by atomic mass is 35.5. The average molecular weight is 313 g/mol. The summed E-state index contributed by atoms with van der Waals surface area (Å²) in [6, 6.07) is 13.0. The third-order valence-electron chi connectivity index (χ3n) is 3.72. The zero-order valence-electron chi connectivity index (χ0n) is 12.4. The Morgan fingerprint density at radius 2 is 1.91 bits per heavy atom. The fourth-order valence-electron chi connectivity index (χ4n) is 2.59. The molecule has 2 heterocycles. The fourth-order valence-corrected chi connectivity index (χ4v) is 2.82. The third kappa shape index (κ3) is 2.64. The number of aryl methyl sites for hydroxylation is 1. The maximum atomic E-state index is 12.9. The molecule has 22 heavy (non-hydrogen) atoms. The minimum atomic E-state index is -0.0650. The van der Waals surface area contributed by atoms with Crippen LogP contribution in [-0.4, -0.2) is 9.38 Å². The number of halogens is 1. The zero-order valence-corrected chi connectivity index (χ0v) is 13.2. The fraction of sp³-hybridized carbons (Fsp3) is 0.222. The van der Waals surface area contributed by atoms with Crippen LogP contribution in [0.15, 0.2) is 53.5 Å². The molecule has 0 aliphatic heterocycles. The van der Waals surface area contributed by atoms with Gasteiger partial charge in [-0.05, 0) is 31.0 Å². The quantitative estimate of drug-likeness (QED) is 0.717. The van der Waals surface area contributed by atoms with Crippen molar-refractivity contribution in [1.29, 1.82) is 0 Å². The van der Waals surface area contributed by atoms with Gasteiger partial charge in [0.25, 0.3) is 5.56 Å². The first kappa shape index (κ1) is 14.8. The lowest BCUT2D eigenvalue weighted by Crippen LogP contribution is -2.20. The Hall–Kier alpha value is -2.13. The first-order valence-electron chi connectivity index (χ1n) is 7.47. The van der Waals surface area contributed by atoms with Crippen LogP contribution in [-0.2, 0) is 6.42 Å². The number of rotatable bonds is 4. The van der Waals surface area contributed by atoms with Crippen molar-refractivity contribution in [3.05, 3.63) is 69.7 Å². The predicted octanol–water partition coefficient (Wildman–Crippen LogP) is 4.36. The van der Waals surface area contributed by atoms with Gasteiger partial charge in [-0.1, -0.05) is 49.2 Å². The highest BCUT2D eigenvalue weighted by Crippen LogP contribution is 2.28. The van der Waals surface area contributed by atoms with Crippen molar-refractivity contribution in [2.75, 3.05) is 0 Å². The number of hydrogen-bond acceptors (Lipinski definition) is 2. The lowest BCUT2D eigenvalue weighted by molar-refractivity contribution is 0.774. The van der Waals surface area contributed by atoms with Crippen LogP contribution in [0.3, 0.4) is 0 Å². The lowest BCUT2D eigenvalue weighted by atomic mass is 10.0. The summed E-state index contributed by atoms with van der Waals surface area (Å²) >= 11 is 6.31. The molecular weight excluding hydrogens is 296 g/mol. The van der Waals surface area contributed by atoms with Gasteiger partial charge in [-0.3, -0.25) is 9.20 Å². The van der Waals surface area contributed by atoms with E-state index in [0.717, 1.165) is 30.5 Å². The summed E-state index contributed by atoms with van der Waals surface area (Å²) in [5.41, 5.74) is 2.80. The highest BCUT2D eigenvalue weighted by molar-refractivity contribution is 6.33. The highest BCUT2D eigenvalue weighted by Gasteiger charge is 2.16. The van der Waals surface area contributed by atoms with Crippen LogP contribution < -0.4 is 5.56 Å². The van der Waals surface area contributed by atoms with Gasteiger partial charge < -0.3 is 0 Å². The third-order valence-corrected chi connectivity index (χ3v) is 4.05. The second-order valence-corrected chi connectivity index (χ2v) is 5.66. The van der Waals surface area contributed by atoms with Gasteiger partial charge in [0.05, 0.1) is 11.3 Å². The van der Waals surface area contributed by atoms with Gasteiger partial charge in [-0.2, -0.15) is 0 Å². The Morgan fingerprint density at radius 1 is 1.14 bits per heavy atom. The van der Waals surface area contributed by atoms with E-state index in [9.17, 15) is 4.79 Å². The molecule has 0 saturated heterocycles. The first-order chi connectivity index (χ1) is 10.7. The van der Waals surface area contributed by atoms with E-state index in [1.165, 1.54) is 0 Å². The van der Waals surface area contributed by atoms with Gasteiger partial charge in [0.2, 0.25) is 0 Å². The Morgan fingerprint density at radius 3 is 2.68 bits per heavy atom. The molecule has 1 aromatic carbocycles. The van der Waals surface area contributed by atoms with Crippen LogP contribution >= 0.6 is 11.6 Å². The van der Waals surface area contributed by atoms with Crippen LogP contribution in [0.25, 0.3) is 16.8 Å². The topological polar surface area (TPSA) is 34.4 Å². The molecule has 0 bridgehead atoms. The molecule has 112 valence electrons. The Labute approximate surface area is 134 Å². The van der Waals surface area contributed by atoms with Crippen molar-refractivity contribution in [3.63, 3.8) is 0 Å². The van der Waals surface area contributed by atoms with Crippen LogP contribution in [0.4, 0.5) is 0 Å². The number of hydrogen-bond donors (Lipinski definition) is 0. The minimum Gasteiger partial charge on any atom is -0.268 e. The van der Waals surface area contributed by atoms with E-state index >= 15 is 0 Å². The molecule has 0 spiro atoms. The van der Waals surface area contributed by atoms with Gasteiger partial charge in [-0.25, -0.2) is 4.98 Å². The Bertz CT molecular complexity index is 870. The maximum Gasteiger partial charge on any atom is 0.266 e. The number of fused-ring (bicyclic) bond motifs is 1. The van der Waals surface area contributed by atoms with Crippen LogP contribution in [0.2, 0.25) is 5.02 Å². The van der Waals surface area contributed by atoms with Gasteiger partial charge >= 0.3 is 0 Å². The van der Waals surface area contributed by atoms with E-state index < -0.39 is 0 Å². The van der Waals surface area contributed by atoms with Gasteiger partial charge in [0, 0.05) is 16.8 Å². The first-order valence-corrected chi connectivity index (χ1v) is 7.85. The summed E-state index contributed by atoms with van der Waals surface area (Å²) in [6.07, 6.45) is 4.57. The van der Waals surface area contributed by atoms with Crippen LogP contribution in [0.1, 0.15) is 25.5 Å². The van der Waals surface area contributed by atoms with E-state index in [1.807, 2.05) is 36.4 Å². The summed E-state index contributed by atoms with van der Waals surface area (Å²) in [4.78, 5) is 17.6. The summed E-state index contributed by atoms with van der Waals surface area (Å²) in [6.45, 7) is 2.13. The summed E-state index contributed by atoms with van der Waals surface area (Å²) < 4.78 is 1.58. The van der Waals surface area contributed by atoms with Crippen LogP contribution in [0, 0.1) is 0 Å². The molecule has 0 fully saturated rings. The molecule has 0 amide bonds. The largest absolute Gasteiger partial charge is 0.268 e. The van der Waals surface area contributed by atoms with Gasteiger partial charge in [0.1, 0.15) is 5.65 Å². The molecule has 0 saturated carbocycles. The SMILES string of the molecule is CCCCc1nc2ccccn2c(=O)c1-c1ccccc1Cl. The van der Waals surface area contributed by atoms with Gasteiger partial charge in [-0.15, -0.1) is 0 Å². The molecule has 3 nitrogen and oxygen atoms in total. The van der Waals surface area contributed by atoms with E-state index in [0.29, 0.717) is 16.2 Å². The molecule has 0 unspecified atom stereocenters. The lowest BCUT2D eigenvalue weighted by Gasteiger charge is -2.12. The minimum absolute atomic E-state index is 0.0650. The summed E-state index contributed by atoms with van der Waals surface area (Å²) in [7, 11) is 0. The number of unbranched alkanes of at least 4 members (excludes halogenated alkanes) is 1. The number of benzene rings is 1. The molecule has 0 aliphatic rings. The monoisotopic (exact) mass is 312 g/mol. The van der Waals surface area contributed by atoms with Crippen molar-refractivity contribution < 1.29 is 0 Å². The van der Waals surface area contributed by atoms with E-state index in [4.69, 9.17) is 16.6 Å². The maximum absolute atomic E-state index is 12.9. The molecular formula is C18H17ClN2O. The number of nitrogens with zero attached hydrogens (tertiary/aromatic N) is 2. The molecule has 0 N–H and O–H groups in total. The van der Waals surface area contributed by atoms with Crippen molar-refractivity contribution in [1.82, 2.24) is 9.38 Å². The smallest absolute Gasteiger partial charge is 0.266 e. The molecule has 0 aliphatic carbocycles. The van der Waals surface area contributed by atoms with Crippen LogP contribution in [0.5, 0.6) is 0 Å². The Kier molecular flexibility index (Phi) is 4.25. The van der Waals surface area contributed by atoms with E-state index in [2.05, 4.69) is 6.92 Å².